The summed E-state index contributed by atoms with van der Waals surface area (Å²) in [6.07, 6.45) is 0. The van der Waals surface area contributed by atoms with Crippen LogP contribution < -0.4 is 25.5 Å². The molecule has 0 aromatic heterocycles. The summed E-state index contributed by atoms with van der Waals surface area (Å²) in [5.41, 5.74) is 2.71. The van der Waals surface area contributed by atoms with Crippen molar-refractivity contribution in [1.29, 1.82) is 0 Å². The number of ether oxygens (including phenoxy) is 4. The molecular weight excluding hydrogens is 773 g/mol. The van der Waals surface area contributed by atoms with E-state index in [1.54, 1.807) is 0 Å². The second-order valence-corrected chi connectivity index (χ2v) is 18.1. The molecule has 1 heterocycles. The third kappa shape index (κ3) is 13.1. The van der Waals surface area contributed by atoms with Gasteiger partial charge in [0.15, 0.2) is 0 Å². The van der Waals surface area contributed by atoms with Crippen LogP contribution in [0.3, 0.4) is 0 Å². The van der Waals surface area contributed by atoms with Crippen LogP contribution in [0, 0.1) is 0 Å². The largest absolute Gasteiger partial charge is 2.00 e. The Balaban J connectivity index is 0.000000550. The molecule has 1 aliphatic heterocycles. The van der Waals surface area contributed by atoms with Gasteiger partial charge in [-0.2, -0.15) is 0 Å². The molecule has 5 rings (SSSR count). The molecule has 0 aliphatic carbocycles. The van der Waals surface area contributed by atoms with E-state index < -0.39 is 8.32 Å². The van der Waals surface area contributed by atoms with E-state index >= 15 is 0 Å². The average molecular weight is 835 g/mol. The molecule has 0 bridgehead atoms. The van der Waals surface area contributed by atoms with E-state index in [4.69, 9.17) is 18.9 Å². The van der Waals surface area contributed by atoms with Gasteiger partial charge in [-0.15, -0.1) is 5.75 Å². The van der Waals surface area contributed by atoms with Crippen molar-refractivity contribution in [2.75, 3.05) is 65.9 Å². The van der Waals surface area contributed by atoms with E-state index in [-0.39, 0.29) is 43.3 Å². The first kappa shape index (κ1) is 43.9. The summed E-state index contributed by atoms with van der Waals surface area (Å²) in [6.45, 7) is 19.6. The summed E-state index contributed by atoms with van der Waals surface area (Å²) < 4.78 is 22.5. The van der Waals surface area contributed by atoms with E-state index in [1.807, 2.05) is 91.0 Å². The molecule has 0 unspecified atom stereocenters. The molecule has 2 radical (unpaired) electrons. The quantitative estimate of drug-likeness (QED) is 0.219. The molecule has 1 aliphatic rings. The van der Waals surface area contributed by atoms with Gasteiger partial charge in [0.05, 0.1) is 61.2 Å². The molecule has 52 heavy (non-hydrogen) atoms. The van der Waals surface area contributed by atoms with Crippen LogP contribution in [0.2, 0.25) is 0 Å². The Kier molecular flexibility index (Phi) is 18.0. The Labute approximate surface area is 333 Å². The monoisotopic (exact) mass is 835 g/mol. The van der Waals surface area contributed by atoms with Gasteiger partial charge in [0, 0.05) is 22.5 Å². The Bertz CT molecular complexity index is 1480. The zero-order chi connectivity index (χ0) is 36.7. The molecule has 4 aromatic carbocycles. The predicted octanol–water partition coefficient (Wildman–Crippen LogP) is 4.36. The Morgan fingerprint density at radius 1 is 0.577 bits per heavy atom. The van der Waals surface area contributed by atoms with Gasteiger partial charge in [-0.1, -0.05) is 160 Å². The van der Waals surface area contributed by atoms with Crippen LogP contribution in [-0.4, -0.2) is 103 Å². The van der Waals surface area contributed by atoms with E-state index in [9.17, 15) is 9.90 Å². The van der Waals surface area contributed by atoms with Crippen molar-refractivity contribution in [1.82, 2.24) is 4.90 Å². The van der Waals surface area contributed by atoms with Crippen molar-refractivity contribution in [3.8, 4) is 5.75 Å². The van der Waals surface area contributed by atoms with E-state index in [0.717, 1.165) is 39.8 Å². The van der Waals surface area contributed by atoms with Crippen LogP contribution in [0.1, 0.15) is 61.1 Å². The van der Waals surface area contributed by atoms with Gasteiger partial charge < -0.3 is 28.8 Å². The topological polar surface area (TPSA) is 86.3 Å². The molecule has 282 valence electrons. The summed E-state index contributed by atoms with van der Waals surface area (Å²) in [6, 6.07) is 33.5. The fourth-order valence-electron chi connectivity index (χ4n) is 5.98. The van der Waals surface area contributed by atoms with Crippen LogP contribution >= 0.6 is 0 Å². The van der Waals surface area contributed by atoms with Gasteiger partial charge in [0.2, 0.25) is 0 Å². The smallest absolute Gasteiger partial charge is 0.872 e. The number of rotatable bonds is 5. The maximum atomic E-state index is 13.8. The molecular formula is C43H61NO6SiSn. The zero-order valence-corrected chi connectivity index (χ0v) is 35.8. The molecule has 0 spiro atoms. The fourth-order valence-corrected chi connectivity index (χ4v) is 8.96. The third-order valence-electron chi connectivity index (χ3n) is 8.99. The van der Waals surface area contributed by atoms with Gasteiger partial charge in [0.25, 0.3) is 0 Å². The summed E-state index contributed by atoms with van der Waals surface area (Å²) in [5, 5.41) is 16.0. The van der Waals surface area contributed by atoms with E-state index in [1.165, 1.54) is 5.56 Å². The fraction of sp³-hybridized carbons (Fsp3) is 0.442. The number of benzene rings is 4. The van der Waals surface area contributed by atoms with Crippen molar-refractivity contribution in [2.24, 2.45) is 0 Å². The Morgan fingerprint density at radius 2 is 0.942 bits per heavy atom. The van der Waals surface area contributed by atoms with E-state index in [0.29, 0.717) is 59.4 Å². The summed E-state index contributed by atoms with van der Waals surface area (Å²) in [4.78, 5) is 16.1. The second-order valence-electron chi connectivity index (χ2n) is 15.0. The second kappa shape index (κ2) is 21.4. The first-order valence-corrected chi connectivity index (χ1v) is 20.1. The number of hydrogen-bond acceptors (Lipinski definition) is 7. The molecule has 0 amide bonds. The van der Waals surface area contributed by atoms with Crippen molar-refractivity contribution < 1.29 is 31.7 Å². The minimum Gasteiger partial charge on any atom is -0.872 e. The summed E-state index contributed by atoms with van der Waals surface area (Å²) in [7, 11) is -3.13. The molecule has 7 nitrogen and oxygen atoms in total. The van der Waals surface area contributed by atoms with Crippen LogP contribution in [0.15, 0.2) is 103 Å². The van der Waals surface area contributed by atoms with Crippen molar-refractivity contribution >= 4 is 47.8 Å². The SMILES string of the molecule is CC(C)(C)c1cc(CN2CCOCCOCCOCCOCC2)c([O-])c(C(C)(C)C)c1.[HH].[HH].[O-][Si](c1ccccc1)(c1ccccc1)c1ccccc1.[Sn+2]. The molecule has 4 aromatic rings. The first-order chi connectivity index (χ1) is 24.4. The van der Waals surface area contributed by atoms with Crippen LogP contribution in [-0.2, 0) is 36.3 Å². The number of hydrogen-bond donors (Lipinski definition) is 0. The maximum Gasteiger partial charge on any atom is 2.00 e. The first-order valence-electron chi connectivity index (χ1n) is 18.2. The van der Waals surface area contributed by atoms with Crippen molar-refractivity contribution in [3.05, 3.63) is 120 Å². The molecule has 1 fully saturated rings. The minimum atomic E-state index is -3.13. The maximum absolute atomic E-state index is 13.8. The molecule has 0 N–H and O–H groups in total. The molecule has 0 saturated carbocycles. The van der Waals surface area contributed by atoms with Gasteiger partial charge in [-0.3, -0.25) is 4.90 Å². The van der Waals surface area contributed by atoms with Gasteiger partial charge in [-0.05, 0) is 27.5 Å². The summed E-state index contributed by atoms with van der Waals surface area (Å²) >= 11 is 0. The summed E-state index contributed by atoms with van der Waals surface area (Å²) in [5.74, 6) is 0.153. The van der Waals surface area contributed by atoms with Crippen molar-refractivity contribution in [3.63, 3.8) is 0 Å². The standard InChI is InChI=1S/C25H43NO5.C18H15OSi.Sn.2H2/c1-24(2,3)21-17-20(23(27)22(18-21)25(4,5)6)19-26-7-9-28-11-13-30-15-16-31-14-12-29-10-8-26;19-20(16-10-4-1-5-11-16,17-12-6-2-7-13-17)18-14-8-3-9-15-18;;;/h17-18,27H,7-16,19H2,1-6H3;1-15H;;2*1H/q;-1;+2;;/p-1. The predicted molar refractivity (Wildman–Crippen MR) is 216 cm³/mol. The van der Waals surface area contributed by atoms with Crippen LogP contribution in [0.4, 0.5) is 0 Å². The van der Waals surface area contributed by atoms with Gasteiger partial charge in [0.1, 0.15) is 0 Å². The van der Waals surface area contributed by atoms with Crippen LogP contribution in [0.5, 0.6) is 5.75 Å². The van der Waals surface area contributed by atoms with E-state index in [2.05, 4.69) is 58.6 Å². The Morgan fingerprint density at radius 3 is 1.29 bits per heavy atom. The average Bonchev–Trinajstić information content (AvgIpc) is 3.13. The Hall–Kier alpha value is -2.54. The molecule has 9 heteroatoms. The van der Waals surface area contributed by atoms with Gasteiger partial charge in [-0.25, -0.2) is 0 Å². The molecule has 1 saturated heterocycles. The van der Waals surface area contributed by atoms with Crippen molar-refractivity contribution in [2.45, 2.75) is 58.9 Å². The third-order valence-corrected chi connectivity index (χ3v) is 12.4. The molecule has 0 atom stereocenters. The van der Waals surface area contributed by atoms with Gasteiger partial charge >= 0.3 is 23.9 Å². The normalized spacial score (nSPS) is 16.0. The van der Waals surface area contributed by atoms with Crippen LogP contribution in [0.25, 0.3) is 0 Å². The minimum absolute atomic E-state index is 0. The zero-order valence-electron chi connectivity index (χ0n) is 32.0. The number of nitrogens with zero attached hydrogens (tertiary/aromatic N) is 1.